The first kappa shape index (κ1) is 11.8. The van der Waals surface area contributed by atoms with Gasteiger partial charge in [-0.3, -0.25) is 4.79 Å². The number of carbonyl (C=O) groups excluding carboxylic acids is 1. The fourth-order valence-corrected chi connectivity index (χ4v) is 1.69. The lowest BCUT2D eigenvalue weighted by Crippen LogP contribution is -2.15. The van der Waals surface area contributed by atoms with Crippen LogP contribution in [0.25, 0.3) is 0 Å². The van der Waals surface area contributed by atoms with E-state index in [9.17, 15) is 4.79 Å². The largest absolute Gasteiger partial charge is 0.323 e. The van der Waals surface area contributed by atoms with Gasteiger partial charge in [0.2, 0.25) is 5.91 Å². The molecule has 0 spiro atoms. The van der Waals surface area contributed by atoms with E-state index in [1.54, 1.807) is 18.2 Å². The molecule has 1 aromatic heterocycles. The number of aromatic amines is 1. The SMILES string of the molecule is O=C(Cc1nn[nH]n1)Nc1c(Cl)cccc1Cl. The quantitative estimate of drug-likeness (QED) is 0.890. The number of amides is 1. The number of anilines is 1. The molecule has 6 nitrogen and oxygen atoms in total. The van der Waals surface area contributed by atoms with Gasteiger partial charge in [0.1, 0.15) is 0 Å². The fourth-order valence-electron chi connectivity index (χ4n) is 1.20. The van der Waals surface area contributed by atoms with Gasteiger partial charge in [-0.1, -0.05) is 34.5 Å². The molecule has 1 amide bonds. The van der Waals surface area contributed by atoms with E-state index in [2.05, 4.69) is 25.9 Å². The zero-order chi connectivity index (χ0) is 12.3. The van der Waals surface area contributed by atoms with Gasteiger partial charge in [-0.25, -0.2) is 0 Å². The van der Waals surface area contributed by atoms with Gasteiger partial charge in [-0.2, -0.15) is 5.21 Å². The Morgan fingerprint density at radius 1 is 1.35 bits per heavy atom. The summed E-state index contributed by atoms with van der Waals surface area (Å²) in [6, 6.07) is 4.97. The van der Waals surface area contributed by atoms with Crippen molar-refractivity contribution in [3.8, 4) is 0 Å². The third kappa shape index (κ3) is 2.92. The van der Waals surface area contributed by atoms with Crippen LogP contribution in [0.5, 0.6) is 0 Å². The lowest BCUT2D eigenvalue weighted by Gasteiger charge is -2.07. The average molecular weight is 272 g/mol. The van der Waals surface area contributed by atoms with Crippen LogP contribution in [-0.2, 0) is 11.2 Å². The maximum absolute atomic E-state index is 11.6. The number of H-pyrrole nitrogens is 1. The second-order valence-electron chi connectivity index (χ2n) is 3.15. The number of halogens is 2. The van der Waals surface area contributed by atoms with E-state index in [-0.39, 0.29) is 12.3 Å². The molecule has 0 unspecified atom stereocenters. The third-order valence-corrected chi connectivity index (χ3v) is 2.57. The summed E-state index contributed by atoms with van der Waals surface area (Å²) in [6.07, 6.45) is -0.00193. The molecule has 2 aromatic rings. The van der Waals surface area contributed by atoms with E-state index in [0.29, 0.717) is 21.6 Å². The monoisotopic (exact) mass is 271 g/mol. The Balaban J connectivity index is 2.08. The van der Waals surface area contributed by atoms with Crippen molar-refractivity contribution in [2.24, 2.45) is 0 Å². The number of hydrogen-bond donors (Lipinski definition) is 2. The van der Waals surface area contributed by atoms with E-state index in [1.165, 1.54) is 0 Å². The van der Waals surface area contributed by atoms with Crippen LogP contribution in [0.3, 0.4) is 0 Å². The van der Waals surface area contributed by atoms with Crippen LogP contribution in [0.15, 0.2) is 18.2 Å². The standard InChI is InChI=1S/C9H7Cl2N5O/c10-5-2-1-3-6(11)9(5)12-8(17)4-7-13-15-16-14-7/h1-3H,4H2,(H,12,17)(H,13,14,15,16). The first-order valence-corrected chi connectivity index (χ1v) is 5.38. The van der Waals surface area contributed by atoms with Crippen molar-refractivity contribution in [3.05, 3.63) is 34.1 Å². The van der Waals surface area contributed by atoms with Crippen molar-refractivity contribution >= 4 is 34.8 Å². The highest BCUT2D eigenvalue weighted by atomic mass is 35.5. The van der Waals surface area contributed by atoms with E-state index in [1.807, 2.05) is 0 Å². The van der Waals surface area contributed by atoms with Crippen LogP contribution >= 0.6 is 23.2 Å². The highest BCUT2D eigenvalue weighted by Crippen LogP contribution is 2.29. The number of benzene rings is 1. The van der Waals surface area contributed by atoms with Crippen LogP contribution in [0, 0.1) is 0 Å². The Morgan fingerprint density at radius 3 is 2.65 bits per heavy atom. The van der Waals surface area contributed by atoms with Crippen molar-refractivity contribution < 1.29 is 4.79 Å². The van der Waals surface area contributed by atoms with Gasteiger partial charge in [0.05, 0.1) is 22.2 Å². The van der Waals surface area contributed by atoms with Gasteiger partial charge in [0, 0.05) is 0 Å². The van der Waals surface area contributed by atoms with Crippen molar-refractivity contribution in [1.82, 2.24) is 20.6 Å². The molecule has 0 saturated carbocycles. The minimum Gasteiger partial charge on any atom is -0.323 e. The molecule has 8 heteroatoms. The van der Waals surface area contributed by atoms with E-state index >= 15 is 0 Å². The summed E-state index contributed by atoms with van der Waals surface area (Å²) in [5.41, 5.74) is 0.379. The molecule has 0 bridgehead atoms. The second-order valence-corrected chi connectivity index (χ2v) is 3.96. The number of hydrogen-bond acceptors (Lipinski definition) is 4. The molecule has 88 valence electrons. The fraction of sp³-hybridized carbons (Fsp3) is 0.111. The summed E-state index contributed by atoms with van der Waals surface area (Å²) >= 11 is 11.8. The Bertz CT molecular complexity index is 508. The van der Waals surface area contributed by atoms with Crippen LogP contribution in [0.2, 0.25) is 10.0 Å². The van der Waals surface area contributed by atoms with Gasteiger partial charge < -0.3 is 5.32 Å². The predicted molar refractivity (Wildman–Crippen MR) is 63.0 cm³/mol. The summed E-state index contributed by atoms with van der Waals surface area (Å²) in [5.74, 6) is -0.0212. The minimum absolute atomic E-state index is 0.00193. The first-order chi connectivity index (χ1) is 8.16. The van der Waals surface area contributed by atoms with Gasteiger partial charge in [0.15, 0.2) is 5.82 Å². The molecule has 0 radical (unpaired) electrons. The lowest BCUT2D eigenvalue weighted by molar-refractivity contribution is -0.115. The molecule has 2 N–H and O–H groups in total. The number of carbonyl (C=O) groups is 1. The summed E-state index contributed by atoms with van der Waals surface area (Å²) < 4.78 is 0. The van der Waals surface area contributed by atoms with Crippen molar-refractivity contribution in [2.45, 2.75) is 6.42 Å². The summed E-state index contributed by atoms with van der Waals surface area (Å²) in [4.78, 5) is 11.6. The normalized spacial score (nSPS) is 10.2. The smallest absolute Gasteiger partial charge is 0.232 e. The van der Waals surface area contributed by atoms with Gasteiger partial charge in [-0.05, 0) is 12.1 Å². The van der Waals surface area contributed by atoms with E-state index in [4.69, 9.17) is 23.2 Å². The van der Waals surface area contributed by atoms with Gasteiger partial charge in [-0.15, -0.1) is 10.2 Å². The van der Waals surface area contributed by atoms with Crippen LogP contribution in [0.4, 0.5) is 5.69 Å². The molecule has 1 heterocycles. The molecular formula is C9H7Cl2N5O. The van der Waals surface area contributed by atoms with Crippen LogP contribution < -0.4 is 5.32 Å². The molecule has 0 saturated heterocycles. The number of para-hydroxylation sites is 1. The average Bonchev–Trinajstić information content (AvgIpc) is 2.76. The number of nitrogens with zero attached hydrogens (tertiary/aromatic N) is 3. The molecule has 0 aliphatic rings. The number of rotatable bonds is 3. The Morgan fingerprint density at radius 2 is 2.06 bits per heavy atom. The maximum atomic E-state index is 11.6. The minimum atomic E-state index is -0.318. The zero-order valence-corrected chi connectivity index (χ0v) is 9.96. The van der Waals surface area contributed by atoms with Crippen molar-refractivity contribution in [2.75, 3.05) is 5.32 Å². The highest BCUT2D eigenvalue weighted by Gasteiger charge is 2.11. The van der Waals surface area contributed by atoms with E-state index in [0.717, 1.165) is 0 Å². The molecule has 1 aromatic carbocycles. The third-order valence-electron chi connectivity index (χ3n) is 1.94. The highest BCUT2D eigenvalue weighted by molar-refractivity contribution is 6.39. The lowest BCUT2D eigenvalue weighted by atomic mass is 10.3. The zero-order valence-electron chi connectivity index (χ0n) is 8.44. The summed E-state index contributed by atoms with van der Waals surface area (Å²) in [7, 11) is 0. The number of aromatic nitrogens is 4. The molecule has 2 rings (SSSR count). The second kappa shape index (κ2) is 5.11. The molecule has 0 aliphatic heterocycles. The van der Waals surface area contributed by atoms with Crippen LogP contribution in [-0.4, -0.2) is 26.5 Å². The van der Waals surface area contributed by atoms with Crippen molar-refractivity contribution in [3.63, 3.8) is 0 Å². The van der Waals surface area contributed by atoms with Crippen LogP contribution in [0.1, 0.15) is 5.82 Å². The molecule has 0 atom stereocenters. The Kier molecular flexibility index (Phi) is 3.55. The molecule has 0 aliphatic carbocycles. The maximum Gasteiger partial charge on any atom is 0.232 e. The topological polar surface area (TPSA) is 83.6 Å². The van der Waals surface area contributed by atoms with E-state index < -0.39 is 0 Å². The van der Waals surface area contributed by atoms with Gasteiger partial charge >= 0.3 is 0 Å². The molecular weight excluding hydrogens is 265 g/mol. The Labute approximate surface area is 106 Å². The number of nitrogens with one attached hydrogen (secondary N) is 2. The molecule has 17 heavy (non-hydrogen) atoms. The first-order valence-electron chi connectivity index (χ1n) is 4.63. The summed E-state index contributed by atoms with van der Waals surface area (Å²) in [6.45, 7) is 0. The van der Waals surface area contributed by atoms with Crippen molar-refractivity contribution in [1.29, 1.82) is 0 Å². The predicted octanol–water partition coefficient (Wildman–Crippen LogP) is 1.69. The molecule has 0 fully saturated rings. The van der Waals surface area contributed by atoms with Gasteiger partial charge in [0.25, 0.3) is 0 Å². The number of tetrazole rings is 1. The summed E-state index contributed by atoms with van der Waals surface area (Å²) in [5, 5.41) is 16.3. The Hall–Kier alpha value is -1.66.